The average Bonchev–Trinajstić information content (AvgIpc) is 2.11. The van der Waals surface area contributed by atoms with Crippen LogP contribution in [0.1, 0.15) is 19.8 Å². The summed E-state index contributed by atoms with van der Waals surface area (Å²) in [5.74, 6) is -1.22. The first-order chi connectivity index (χ1) is 5.67. The summed E-state index contributed by atoms with van der Waals surface area (Å²) < 4.78 is 4.48. The minimum Gasteiger partial charge on any atom is -0.468 e. The van der Waals surface area contributed by atoms with Crippen molar-refractivity contribution in [1.82, 2.24) is 0 Å². The number of hydrogen-bond acceptors (Lipinski definition) is 3. The number of ether oxygens (including phenoxy) is 1. The van der Waals surface area contributed by atoms with E-state index >= 15 is 0 Å². The van der Waals surface area contributed by atoms with Gasteiger partial charge in [0.15, 0.2) is 0 Å². The molecule has 12 heavy (non-hydrogen) atoms. The second-order valence-electron chi connectivity index (χ2n) is 2.42. The quantitative estimate of drug-likeness (QED) is 0.355. The van der Waals surface area contributed by atoms with Gasteiger partial charge in [0, 0.05) is 6.42 Å². The van der Waals surface area contributed by atoms with Crippen LogP contribution in [0.15, 0.2) is 12.7 Å². The normalized spacial score (nSPS) is 11.8. The van der Waals surface area contributed by atoms with Crippen molar-refractivity contribution >= 4 is 11.8 Å². The first kappa shape index (κ1) is 10.9. The number of ketones is 1. The van der Waals surface area contributed by atoms with E-state index in [1.54, 1.807) is 13.0 Å². The van der Waals surface area contributed by atoms with Gasteiger partial charge in [0.2, 0.25) is 0 Å². The van der Waals surface area contributed by atoms with Gasteiger partial charge in [0.1, 0.15) is 11.7 Å². The van der Waals surface area contributed by atoms with Gasteiger partial charge in [-0.2, -0.15) is 0 Å². The number of rotatable bonds is 5. The van der Waals surface area contributed by atoms with Crippen LogP contribution in [0.5, 0.6) is 0 Å². The monoisotopic (exact) mass is 170 g/mol. The van der Waals surface area contributed by atoms with Gasteiger partial charge < -0.3 is 4.74 Å². The third kappa shape index (κ3) is 2.86. The van der Waals surface area contributed by atoms with Gasteiger partial charge in [-0.1, -0.05) is 13.0 Å². The van der Waals surface area contributed by atoms with Crippen LogP contribution in [0.25, 0.3) is 0 Å². The molecule has 0 aliphatic carbocycles. The Kier molecular flexibility index (Phi) is 5.00. The van der Waals surface area contributed by atoms with Crippen LogP contribution in [0.2, 0.25) is 0 Å². The van der Waals surface area contributed by atoms with Crippen LogP contribution in [-0.4, -0.2) is 18.9 Å². The van der Waals surface area contributed by atoms with Crippen molar-refractivity contribution in [2.45, 2.75) is 19.8 Å². The van der Waals surface area contributed by atoms with Gasteiger partial charge >= 0.3 is 5.97 Å². The van der Waals surface area contributed by atoms with E-state index in [0.29, 0.717) is 12.8 Å². The molecule has 0 aliphatic heterocycles. The number of carbonyl (C=O) groups is 2. The molecule has 0 heterocycles. The molecule has 0 rings (SSSR count). The molecule has 3 heteroatoms. The van der Waals surface area contributed by atoms with Gasteiger partial charge in [0.25, 0.3) is 0 Å². The van der Waals surface area contributed by atoms with Crippen LogP contribution < -0.4 is 0 Å². The SMILES string of the molecule is C=CCC(C(=O)CC)C(=O)OC. The molecule has 0 N–H and O–H groups in total. The number of esters is 1. The topological polar surface area (TPSA) is 43.4 Å². The van der Waals surface area contributed by atoms with Gasteiger partial charge in [0.05, 0.1) is 7.11 Å². The Balaban J connectivity index is 4.31. The molecule has 0 fully saturated rings. The minimum atomic E-state index is -0.655. The lowest BCUT2D eigenvalue weighted by atomic mass is 9.99. The summed E-state index contributed by atoms with van der Waals surface area (Å²) in [5.41, 5.74) is 0. The van der Waals surface area contributed by atoms with E-state index < -0.39 is 11.9 Å². The van der Waals surface area contributed by atoms with E-state index in [1.807, 2.05) is 0 Å². The maximum absolute atomic E-state index is 11.2. The lowest BCUT2D eigenvalue weighted by molar-refractivity contribution is -0.149. The van der Waals surface area contributed by atoms with E-state index in [9.17, 15) is 9.59 Å². The average molecular weight is 170 g/mol. The maximum atomic E-state index is 11.2. The zero-order valence-electron chi connectivity index (χ0n) is 7.50. The van der Waals surface area contributed by atoms with Crippen LogP contribution in [-0.2, 0) is 14.3 Å². The summed E-state index contributed by atoms with van der Waals surface area (Å²) in [7, 11) is 1.28. The fourth-order valence-corrected chi connectivity index (χ4v) is 0.914. The third-order valence-electron chi connectivity index (χ3n) is 1.63. The second kappa shape index (κ2) is 5.52. The Morgan fingerprint density at radius 2 is 2.17 bits per heavy atom. The molecular weight excluding hydrogens is 156 g/mol. The fourth-order valence-electron chi connectivity index (χ4n) is 0.914. The van der Waals surface area contributed by atoms with Crippen LogP contribution >= 0.6 is 0 Å². The van der Waals surface area contributed by atoms with Crippen molar-refractivity contribution in [2.24, 2.45) is 5.92 Å². The van der Waals surface area contributed by atoms with Crippen molar-refractivity contribution in [2.75, 3.05) is 7.11 Å². The first-order valence-corrected chi connectivity index (χ1v) is 3.88. The zero-order chi connectivity index (χ0) is 9.56. The Labute approximate surface area is 72.4 Å². The van der Waals surface area contributed by atoms with E-state index in [-0.39, 0.29) is 5.78 Å². The zero-order valence-corrected chi connectivity index (χ0v) is 7.50. The molecule has 0 amide bonds. The number of methoxy groups -OCH3 is 1. The highest BCUT2D eigenvalue weighted by molar-refractivity contribution is 5.98. The Morgan fingerprint density at radius 1 is 1.58 bits per heavy atom. The molecular formula is C9H14O3. The maximum Gasteiger partial charge on any atom is 0.316 e. The summed E-state index contributed by atoms with van der Waals surface area (Å²) in [4.78, 5) is 22.2. The summed E-state index contributed by atoms with van der Waals surface area (Å²) in [6.45, 7) is 5.20. The Morgan fingerprint density at radius 3 is 2.50 bits per heavy atom. The minimum absolute atomic E-state index is 0.0956. The van der Waals surface area contributed by atoms with Crippen molar-refractivity contribution in [3.63, 3.8) is 0 Å². The molecule has 0 aromatic heterocycles. The van der Waals surface area contributed by atoms with Crippen molar-refractivity contribution in [3.05, 3.63) is 12.7 Å². The predicted octanol–water partition coefficient (Wildman–Crippen LogP) is 1.33. The van der Waals surface area contributed by atoms with E-state index in [4.69, 9.17) is 0 Å². The number of hydrogen-bond donors (Lipinski definition) is 0. The molecule has 1 atom stereocenters. The smallest absolute Gasteiger partial charge is 0.316 e. The van der Waals surface area contributed by atoms with Crippen molar-refractivity contribution in [1.29, 1.82) is 0 Å². The molecule has 0 saturated carbocycles. The number of carbonyl (C=O) groups excluding carboxylic acids is 2. The second-order valence-corrected chi connectivity index (χ2v) is 2.42. The lowest BCUT2D eigenvalue weighted by Gasteiger charge is -2.09. The molecule has 0 bridgehead atoms. The lowest BCUT2D eigenvalue weighted by Crippen LogP contribution is -2.24. The first-order valence-electron chi connectivity index (χ1n) is 3.88. The fraction of sp³-hybridized carbons (Fsp3) is 0.556. The van der Waals surface area contributed by atoms with E-state index in [1.165, 1.54) is 7.11 Å². The molecule has 1 unspecified atom stereocenters. The van der Waals surface area contributed by atoms with Crippen LogP contribution in [0, 0.1) is 5.92 Å². The predicted molar refractivity (Wildman–Crippen MR) is 45.6 cm³/mol. The molecule has 0 aromatic rings. The standard InChI is InChI=1S/C9H14O3/c1-4-6-7(8(10)5-2)9(11)12-3/h4,7H,1,5-6H2,2-3H3. The van der Waals surface area contributed by atoms with E-state index in [0.717, 1.165) is 0 Å². The third-order valence-corrected chi connectivity index (χ3v) is 1.63. The molecule has 3 nitrogen and oxygen atoms in total. The summed E-state index contributed by atoms with van der Waals surface area (Å²) in [5, 5.41) is 0. The molecule has 0 radical (unpaired) electrons. The molecule has 0 spiro atoms. The number of allylic oxidation sites excluding steroid dienone is 1. The van der Waals surface area contributed by atoms with Gasteiger partial charge in [-0.25, -0.2) is 0 Å². The summed E-state index contributed by atoms with van der Waals surface area (Å²) in [6, 6.07) is 0. The summed E-state index contributed by atoms with van der Waals surface area (Å²) in [6.07, 6.45) is 2.27. The largest absolute Gasteiger partial charge is 0.468 e. The van der Waals surface area contributed by atoms with E-state index in [2.05, 4.69) is 11.3 Å². The molecule has 68 valence electrons. The van der Waals surface area contributed by atoms with Gasteiger partial charge in [-0.3, -0.25) is 9.59 Å². The van der Waals surface area contributed by atoms with Crippen LogP contribution in [0.4, 0.5) is 0 Å². The summed E-state index contributed by atoms with van der Waals surface area (Å²) >= 11 is 0. The van der Waals surface area contributed by atoms with Crippen LogP contribution in [0.3, 0.4) is 0 Å². The number of Topliss-reactive ketones (excluding diaryl/α,β-unsaturated/α-hetero) is 1. The van der Waals surface area contributed by atoms with Crippen molar-refractivity contribution in [3.8, 4) is 0 Å². The van der Waals surface area contributed by atoms with Gasteiger partial charge in [-0.05, 0) is 6.42 Å². The molecule has 0 aromatic carbocycles. The highest BCUT2D eigenvalue weighted by Gasteiger charge is 2.23. The molecule has 0 aliphatic rings. The Bertz CT molecular complexity index is 168. The molecule has 0 saturated heterocycles. The van der Waals surface area contributed by atoms with Gasteiger partial charge in [-0.15, -0.1) is 6.58 Å². The van der Waals surface area contributed by atoms with Crippen molar-refractivity contribution < 1.29 is 14.3 Å². The highest BCUT2D eigenvalue weighted by Crippen LogP contribution is 2.09. The highest BCUT2D eigenvalue weighted by atomic mass is 16.5. The Hall–Kier alpha value is -1.12.